The Balaban J connectivity index is 0. The fourth-order valence-electron chi connectivity index (χ4n) is 0.493. The van der Waals surface area contributed by atoms with Crippen molar-refractivity contribution < 1.29 is 30.0 Å². The van der Waals surface area contributed by atoms with E-state index in [2.05, 4.69) is 0 Å². The van der Waals surface area contributed by atoms with Gasteiger partial charge in [0.25, 0.3) is 11.9 Å². The molecule has 0 saturated carbocycles. The van der Waals surface area contributed by atoms with Crippen LogP contribution in [0.1, 0.15) is 13.8 Å². The van der Waals surface area contributed by atoms with E-state index in [4.69, 9.17) is 30.0 Å². The van der Waals surface area contributed by atoms with Crippen LogP contribution < -0.4 is 0 Å². The van der Waals surface area contributed by atoms with E-state index in [-0.39, 0.29) is 11.5 Å². The number of aliphatic carboxylic acids is 2. The quantitative estimate of drug-likeness (QED) is 0.533. The number of aromatic hydroxyl groups is 2. The minimum Gasteiger partial charge on any atom is -0.508 e. The minimum atomic E-state index is -0.833. The molecular formula is C10H14O6. The molecule has 0 unspecified atom stereocenters. The number of carbonyl (C=O) groups is 2. The van der Waals surface area contributed by atoms with E-state index < -0.39 is 11.9 Å². The number of carboxylic acid groups (broad SMARTS) is 2. The molecule has 0 atom stereocenters. The van der Waals surface area contributed by atoms with Crippen LogP contribution in [0.4, 0.5) is 0 Å². The van der Waals surface area contributed by atoms with Crippen molar-refractivity contribution in [3.05, 3.63) is 24.3 Å². The summed E-state index contributed by atoms with van der Waals surface area (Å²) in [6, 6.07) is 5.85. The molecule has 1 aromatic rings. The van der Waals surface area contributed by atoms with Crippen LogP contribution in [0.25, 0.3) is 0 Å². The molecule has 90 valence electrons. The second kappa shape index (κ2) is 9.32. The molecule has 0 heterocycles. The second-order valence-electron chi connectivity index (χ2n) is 2.56. The standard InChI is InChI=1S/C6H6O2.2C2H4O2/c7-5-2-1-3-6(8)4-5;2*1-2(3)4/h1-4,7-8H;2*1H3,(H,3,4). The van der Waals surface area contributed by atoms with Crippen LogP contribution >= 0.6 is 0 Å². The zero-order chi connectivity index (χ0) is 13.1. The van der Waals surface area contributed by atoms with E-state index in [9.17, 15) is 0 Å². The molecule has 1 aromatic carbocycles. The molecule has 0 fully saturated rings. The van der Waals surface area contributed by atoms with E-state index in [1.807, 2.05) is 0 Å². The largest absolute Gasteiger partial charge is 0.508 e. The summed E-state index contributed by atoms with van der Waals surface area (Å²) in [4.78, 5) is 18.0. The summed E-state index contributed by atoms with van der Waals surface area (Å²) in [6.07, 6.45) is 0. The van der Waals surface area contributed by atoms with E-state index in [0.717, 1.165) is 13.8 Å². The predicted octanol–water partition coefficient (Wildman–Crippen LogP) is 1.28. The first kappa shape index (κ1) is 16.2. The lowest BCUT2D eigenvalue weighted by Crippen LogP contribution is -1.78. The predicted molar refractivity (Wildman–Crippen MR) is 56.4 cm³/mol. The van der Waals surface area contributed by atoms with E-state index in [1.165, 1.54) is 18.2 Å². The molecule has 0 aliphatic heterocycles. The van der Waals surface area contributed by atoms with Crippen LogP contribution in [-0.2, 0) is 9.59 Å². The van der Waals surface area contributed by atoms with Gasteiger partial charge in [0.2, 0.25) is 0 Å². The first-order chi connectivity index (χ1) is 7.25. The van der Waals surface area contributed by atoms with Crippen molar-refractivity contribution in [1.29, 1.82) is 0 Å². The fourth-order valence-corrected chi connectivity index (χ4v) is 0.493. The third-order valence-electron chi connectivity index (χ3n) is 0.830. The van der Waals surface area contributed by atoms with Gasteiger partial charge >= 0.3 is 0 Å². The Morgan fingerprint density at radius 3 is 1.31 bits per heavy atom. The van der Waals surface area contributed by atoms with Gasteiger partial charge in [0, 0.05) is 19.9 Å². The molecule has 1 rings (SSSR count). The highest BCUT2D eigenvalue weighted by molar-refractivity contribution is 5.63. The molecule has 0 spiro atoms. The van der Waals surface area contributed by atoms with Crippen molar-refractivity contribution in [2.75, 3.05) is 0 Å². The van der Waals surface area contributed by atoms with Crippen molar-refractivity contribution >= 4 is 11.9 Å². The molecule has 6 heteroatoms. The van der Waals surface area contributed by atoms with Gasteiger partial charge < -0.3 is 20.4 Å². The topological polar surface area (TPSA) is 115 Å². The summed E-state index contributed by atoms with van der Waals surface area (Å²) in [5, 5.41) is 32.1. The van der Waals surface area contributed by atoms with Crippen LogP contribution in [-0.4, -0.2) is 32.4 Å². The summed E-state index contributed by atoms with van der Waals surface area (Å²) in [6.45, 7) is 2.17. The van der Waals surface area contributed by atoms with Gasteiger partial charge in [-0.05, 0) is 12.1 Å². The molecule has 6 nitrogen and oxygen atoms in total. The number of benzene rings is 1. The molecule has 0 aliphatic rings. The number of hydrogen-bond acceptors (Lipinski definition) is 4. The Labute approximate surface area is 92.4 Å². The van der Waals surface area contributed by atoms with Crippen molar-refractivity contribution in [3.63, 3.8) is 0 Å². The third-order valence-corrected chi connectivity index (χ3v) is 0.830. The number of hydrogen-bond donors (Lipinski definition) is 4. The Kier molecular flexibility index (Phi) is 9.44. The summed E-state index contributed by atoms with van der Waals surface area (Å²) in [5.74, 6) is -1.49. The van der Waals surface area contributed by atoms with Crippen molar-refractivity contribution in [3.8, 4) is 11.5 Å². The van der Waals surface area contributed by atoms with Crippen LogP contribution in [0.5, 0.6) is 11.5 Å². The first-order valence-electron chi connectivity index (χ1n) is 4.12. The van der Waals surface area contributed by atoms with E-state index >= 15 is 0 Å². The minimum absolute atomic E-state index is 0.0880. The summed E-state index contributed by atoms with van der Waals surface area (Å²) >= 11 is 0. The Hall–Kier alpha value is -2.24. The molecule has 0 amide bonds. The van der Waals surface area contributed by atoms with Crippen molar-refractivity contribution in [1.82, 2.24) is 0 Å². The fraction of sp³-hybridized carbons (Fsp3) is 0.200. The summed E-state index contributed by atoms with van der Waals surface area (Å²) in [5.41, 5.74) is 0. The summed E-state index contributed by atoms with van der Waals surface area (Å²) in [7, 11) is 0. The Bertz CT molecular complexity index is 297. The van der Waals surface area contributed by atoms with Gasteiger partial charge in [0.1, 0.15) is 11.5 Å². The van der Waals surface area contributed by atoms with Gasteiger partial charge in [-0.25, -0.2) is 0 Å². The summed E-state index contributed by atoms with van der Waals surface area (Å²) < 4.78 is 0. The molecule has 0 aliphatic carbocycles. The molecule has 0 radical (unpaired) electrons. The van der Waals surface area contributed by atoms with Gasteiger partial charge in [0.15, 0.2) is 0 Å². The van der Waals surface area contributed by atoms with Crippen LogP contribution in [0, 0.1) is 0 Å². The van der Waals surface area contributed by atoms with Gasteiger partial charge in [-0.2, -0.15) is 0 Å². The number of carboxylic acids is 2. The smallest absolute Gasteiger partial charge is 0.300 e. The monoisotopic (exact) mass is 230 g/mol. The van der Waals surface area contributed by atoms with Crippen LogP contribution in [0.2, 0.25) is 0 Å². The van der Waals surface area contributed by atoms with Crippen LogP contribution in [0.3, 0.4) is 0 Å². The number of rotatable bonds is 0. The van der Waals surface area contributed by atoms with Gasteiger partial charge in [-0.3, -0.25) is 9.59 Å². The van der Waals surface area contributed by atoms with Gasteiger partial charge in [-0.15, -0.1) is 0 Å². The molecule has 0 saturated heterocycles. The lowest BCUT2D eigenvalue weighted by Gasteiger charge is -1.89. The Morgan fingerprint density at radius 1 is 0.938 bits per heavy atom. The zero-order valence-electron chi connectivity index (χ0n) is 8.91. The van der Waals surface area contributed by atoms with E-state index in [0.29, 0.717) is 0 Å². The van der Waals surface area contributed by atoms with E-state index in [1.54, 1.807) is 6.07 Å². The average Bonchev–Trinajstić information content (AvgIpc) is 2.00. The number of phenolic OH excluding ortho intramolecular Hbond substituents is 2. The highest BCUT2D eigenvalue weighted by Crippen LogP contribution is 2.14. The molecule has 0 aromatic heterocycles. The van der Waals surface area contributed by atoms with Gasteiger partial charge in [0.05, 0.1) is 0 Å². The highest BCUT2D eigenvalue weighted by Gasteiger charge is 1.85. The first-order valence-corrected chi connectivity index (χ1v) is 4.12. The molecule has 0 bridgehead atoms. The molecular weight excluding hydrogens is 216 g/mol. The maximum absolute atomic E-state index is 9.00. The molecule has 16 heavy (non-hydrogen) atoms. The lowest BCUT2D eigenvalue weighted by molar-refractivity contribution is -0.135. The molecule has 4 N–H and O–H groups in total. The van der Waals surface area contributed by atoms with Crippen molar-refractivity contribution in [2.45, 2.75) is 13.8 Å². The maximum Gasteiger partial charge on any atom is 0.300 e. The Morgan fingerprint density at radius 2 is 1.19 bits per heavy atom. The van der Waals surface area contributed by atoms with Crippen LogP contribution in [0.15, 0.2) is 24.3 Å². The average molecular weight is 230 g/mol. The SMILES string of the molecule is CC(=O)O.CC(=O)O.Oc1cccc(O)c1. The van der Waals surface area contributed by atoms with Gasteiger partial charge in [-0.1, -0.05) is 6.07 Å². The lowest BCUT2D eigenvalue weighted by atomic mass is 10.3. The number of phenols is 2. The second-order valence-corrected chi connectivity index (χ2v) is 2.56. The maximum atomic E-state index is 9.00. The van der Waals surface area contributed by atoms with Crippen molar-refractivity contribution in [2.24, 2.45) is 0 Å². The highest BCUT2D eigenvalue weighted by atomic mass is 16.4. The normalized spacial score (nSPS) is 7.62. The zero-order valence-corrected chi connectivity index (χ0v) is 8.91. The third kappa shape index (κ3) is 22.6.